The van der Waals surface area contributed by atoms with E-state index in [0.29, 0.717) is 25.4 Å². The summed E-state index contributed by atoms with van der Waals surface area (Å²) in [7, 11) is 0. The molecule has 2 heterocycles. The average molecular weight is 363 g/mol. The highest BCUT2D eigenvalue weighted by Crippen LogP contribution is 2.21. The molecule has 1 aliphatic heterocycles. The predicted molar refractivity (Wildman–Crippen MR) is 87.3 cm³/mol. The predicted octanol–water partition coefficient (Wildman–Crippen LogP) is 3.40. The van der Waals surface area contributed by atoms with Crippen LogP contribution < -0.4 is 4.74 Å². The van der Waals surface area contributed by atoms with Crippen LogP contribution in [0, 0.1) is 0 Å². The molecule has 0 saturated carbocycles. The number of halogens is 2. The summed E-state index contributed by atoms with van der Waals surface area (Å²) < 4.78 is 16.6. The minimum atomic E-state index is -0.522. The molecule has 0 spiro atoms. The molecule has 1 amide bonds. The fourth-order valence-corrected chi connectivity index (χ4v) is 2.47. The molecule has 6 nitrogen and oxygen atoms in total. The molecular formula is C15H20Cl2N2O4. The normalized spacial score (nSPS) is 18.7. The van der Waals surface area contributed by atoms with Gasteiger partial charge in [0.25, 0.3) is 0 Å². The lowest BCUT2D eigenvalue weighted by molar-refractivity contribution is -0.0557. The second kappa shape index (κ2) is 7.55. The summed E-state index contributed by atoms with van der Waals surface area (Å²) >= 11 is 11.6. The van der Waals surface area contributed by atoms with Crippen molar-refractivity contribution in [3.63, 3.8) is 0 Å². The van der Waals surface area contributed by atoms with Gasteiger partial charge in [0.05, 0.1) is 13.2 Å². The minimum absolute atomic E-state index is 0.248. The lowest BCUT2D eigenvalue weighted by Gasteiger charge is -2.34. The molecule has 0 bridgehead atoms. The van der Waals surface area contributed by atoms with Crippen molar-refractivity contribution >= 4 is 29.3 Å². The van der Waals surface area contributed by atoms with Gasteiger partial charge in [0.15, 0.2) is 0 Å². The van der Waals surface area contributed by atoms with Gasteiger partial charge in [-0.1, -0.05) is 23.2 Å². The molecule has 1 unspecified atom stereocenters. The smallest absolute Gasteiger partial charge is 0.410 e. The van der Waals surface area contributed by atoms with Gasteiger partial charge in [-0.05, 0) is 20.8 Å². The summed E-state index contributed by atoms with van der Waals surface area (Å²) in [6.45, 7) is 7.12. The maximum absolute atomic E-state index is 12.1. The minimum Gasteiger partial charge on any atom is -0.491 e. The first-order valence-corrected chi connectivity index (χ1v) is 8.04. The Hall–Kier alpha value is -1.24. The maximum atomic E-state index is 12.1. The molecule has 0 aromatic carbocycles. The Morgan fingerprint density at radius 1 is 1.39 bits per heavy atom. The molecule has 23 heavy (non-hydrogen) atoms. The third-order valence-corrected chi connectivity index (χ3v) is 3.35. The molecule has 0 aliphatic carbocycles. The number of morpholine rings is 1. The molecular weight excluding hydrogens is 343 g/mol. The molecule has 1 aromatic heterocycles. The van der Waals surface area contributed by atoms with Gasteiger partial charge in [0.2, 0.25) is 0 Å². The molecule has 128 valence electrons. The van der Waals surface area contributed by atoms with E-state index in [1.54, 1.807) is 17.0 Å². The van der Waals surface area contributed by atoms with E-state index < -0.39 is 5.60 Å². The lowest BCUT2D eigenvalue weighted by atomic mass is 10.2. The van der Waals surface area contributed by atoms with Gasteiger partial charge >= 0.3 is 6.09 Å². The van der Waals surface area contributed by atoms with Crippen molar-refractivity contribution in [3.05, 3.63) is 22.4 Å². The highest BCUT2D eigenvalue weighted by Gasteiger charge is 2.28. The van der Waals surface area contributed by atoms with Crippen molar-refractivity contribution < 1.29 is 19.0 Å². The van der Waals surface area contributed by atoms with E-state index in [0.717, 1.165) is 0 Å². The number of carbonyl (C=O) groups excluding carboxylic acids is 1. The third-order valence-electron chi connectivity index (χ3n) is 2.96. The van der Waals surface area contributed by atoms with Crippen molar-refractivity contribution in [2.24, 2.45) is 0 Å². The third kappa shape index (κ3) is 6.05. The lowest BCUT2D eigenvalue weighted by Crippen LogP contribution is -2.49. The number of nitrogens with zero attached hydrogens (tertiary/aromatic N) is 2. The number of hydrogen-bond donors (Lipinski definition) is 0. The van der Waals surface area contributed by atoms with Gasteiger partial charge in [-0.3, -0.25) is 0 Å². The fourth-order valence-electron chi connectivity index (χ4n) is 2.03. The van der Waals surface area contributed by atoms with Crippen LogP contribution in [0.4, 0.5) is 4.79 Å². The topological polar surface area (TPSA) is 60.9 Å². The number of ether oxygens (including phenoxy) is 3. The van der Waals surface area contributed by atoms with Crippen LogP contribution in [0.2, 0.25) is 10.3 Å². The van der Waals surface area contributed by atoms with Gasteiger partial charge < -0.3 is 19.1 Å². The van der Waals surface area contributed by atoms with Crippen molar-refractivity contribution in [2.45, 2.75) is 32.5 Å². The number of hydrogen-bond acceptors (Lipinski definition) is 5. The molecule has 8 heteroatoms. The monoisotopic (exact) mass is 362 g/mol. The number of pyridine rings is 1. The summed E-state index contributed by atoms with van der Waals surface area (Å²) in [5.74, 6) is 0.507. The van der Waals surface area contributed by atoms with Crippen LogP contribution in [0.1, 0.15) is 20.8 Å². The Morgan fingerprint density at radius 3 is 2.65 bits per heavy atom. The van der Waals surface area contributed by atoms with E-state index in [1.165, 1.54) is 0 Å². The fraction of sp³-hybridized carbons (Fsp3) is 0.600. The number of aromatic nitrogens is 1. The van der Waals surface area contributed by atoms with Crippen LogP contribution in [-0.2, 0) is 9.47 Å². The van der Waals surface area contributed by atoms with Gasteiger partial charge in [-0.2, -0.15) is 0 Å². The zero-order valence-electron chi connectivity index (χ0n) is 13.3. The van der Waals surface area contributed by atoms with E-state index in [9.17, 15) is 4.79 Å². The van der Waals surface area contributed by atoms with Crippen LogP contribution in [0.5, 0.6) is 5.75 Å². The summed E-state index contributed by atoms with van der Waals surface area (Å²) in [4.78, 5) is 17.6. The van der Waals surface area contributed by atoms with Gasteiger partial charge in [0.1, 0.15) is 34.4 Å². The Morgan fingerprint density at radius 2 is 2.04 bits per heavy atom. The Kier molecular flexibility index (Phi) is 5.95. The van der Waals surface area contributed by atoms with E-state index >= 15 is 0 Å². The summed E-state index contributed by atoms with van der Waals surface area (Å²) in [6, 6.07) is 3.14. The zero-order chi connectivity index (χ0) is 17.0. The highest BCUT2D eigenvalue weighted by molar-refractivity contribution is 6.32. The second-order valence-electron chi connectivity index (χ2n) is 6.18. The number of amides is 1. The first-order valence-electron chi connectivity index (χ1n) is 7.28. The summed E-state index contributed by atoms with van der Waals surface area (Å²) in [5.41, 5.74) is -0.522. The van der Waals surface area contributed by atoms with Crippen LogP contribution in [0.25, 0.3) is 0 Å². The number of rotatable bonds is 3. The van der Waals surface area contributed by atoms with Crippen molar-refractivity contribution in [1.82, 2.24) is 9.88 Å². The van der Waals surface area contributed by atoms with Crippen LogP contribution >= 0.6 is 23.2 Å². The second-order valence-corrected chi connectivity index (χ2v) is 6.95. The Balaban J connectivity index is 1.87. The van der Waals surface area contributed by atoms with E-state index in [2.05, 4.69) is 4.98 Å². The molecule has 1 aromatic rings. The van der Waals surface area contributed by atoms with E-state index in [1.807, 2.05) is 20.8 Å². The van der Waals surface area contributed by atoms with Gasteiger partial charge in [-0.15, -0.1) is 0 Å². The Bertz CT molecular complexity index is 543. The zero-order valence-corrected chi connectivity index (χ0v) is 14.9. The first-order chi connectivity index (χ1) is 10.7. The quantitative estimate of drug-likeness (QED) is 0.771. The van der Waals surface area contributed by atoms with Crippen LogP contribution in [0.3, 0.4) is 0 Å². The maximum Gasteiger partial charge on any atom is 0.410 e. The highest BCUT2D eigenvalue weighted by atomic mass is 35.5. The molecule has 1 fully saturated rings. The van der Waals surface area contributed by atoms with Crippen molar-refractivity contribution in [1.29, 1.82) is 0 Å². The largest absolute Gasteiger partial charge is 0.491 e. The van der Waals surface area contributed by atoms with Gasteiger partial charge in [0, 0.05) is 18.7 Å². The van der Waals surface area contributed by atoms with Crippen LogP contribution in [-0.4, -0.2) is 54.0 Å². The number of carbonyl (C=O) groups is 1. The van der Waals surface area contributed by atoms with Gasteiger partial charge in [-0.25, -0.2) is 9.78 Å². The average Bonchev–Trinajstić information content (AvgIpc) is 2.43. The standard InChI is InChI=1S/C15H20Cl2N2O4/c1-15(2,3)23-14(20)19-4-5-21-11(8-19)9-22-10-6-12(16)18-13(17)7-10/h6-7,11H,4-5,8-9H2,1-3H3. The molecule has 1 atom stereocenters. The molecule has 0 radical (unpaired) electrons. The van der Waals surface area contributed by atoms with E-state index in [4.69, 9.17) is 37.4 Å². The van der Waals surface area contributed by atoms with Crippen LogP contribution in [0.15, 0.2) is 12.1 Å². The first kappa shape index (κ1) is 18.1. The molecule has 1 aliphatic rings. The molecule has 0 N–H and O–H groups in total. The Labute approximate surface area is 145 Å². The SMILES string of the molecule is CC(C)(C)OC(=O)N1CCOC(COc2cc(Cl)nc(Cl)c2)C1. The summed E-state index contributed by atoms with van der Waals surface area (Å²) in [5, 5.41) is 0.514. The molecule has 1 saturated heterocycles. The van der Waals surface area contributed by atoms with Crippen molar-refractivity contribution in [2.75, 3.05) is 26.3 Å². The molecule has 2 rings (SSSR count). The van der Waals surface area contributed by atoms with Crippen molar-refractivity contribution in [3.8, 4) is 5.75 Å². The van der Waals surface area contributed by atoms with E-state index in [-0.39, 0.29) is 29.1 Å². The summed E-state index contributed by atoms with van der Waals surface area (Å²) in [6.07, 6.45) is -0.595.